The van der Waals surface area contributed by atoms with Crippen LogP contribution in [-0.4, -0.2) is 37.2 Å². The summed E-state index contributed by atoms with van der Waals surface area (Å²) < 4.78 is 38.0. The maximum atomic E-state index is 14.7. The summed E-state index contributed by atoms with van der Waals surface area (Å²) >= 11 is 2.98. The zero-order valence-corrected chi connectivity index (χ0v) is 15.5. The molecular weight excluding hydrogens is 432 g/mol. The molecular formula is C17H12BrF2NO6. The largest absolute Gasteiger partial charge is 0.478 e. The number of carboxylic acid groups (broad SMARTS) is 1. The molecule has 0 saturated carbocycles. The number of carbonyl (C=O) groups excluding carboxylic acids is 2. The first kappa shape index (κ1) is 20.3. The minimum Gasteiger partial charge on any atom is -0.478 e. The Hall–Kier alpha value is -3.01. The molecule has 0 aromatic heterocycles. The second-order valence-electron chi connectivity index (χ2n) is 5.00. The van der Waals surface area contributed by atoms with Crippen molar-refractivity contribution < 1.29 is 37.7 Å². The van der Waals surface area contributed by atoms with Crippen molar-refractivity contribution in [2.45, 2.75) is 0 Å². The summed E-state index contributed by atoms with van der Waals surface area (Å²) in [5.74, 6) is -6.79. The van der Waals surface area contributed by atoms with Gasteiger partial charge in [0.15, 0.2) is 11.6 Å². The van der Waals surface area contributed by atoms with Crippen molar-refractivity contribution in [2.75, 3.05) is 19.1 Å². The lowest BCUT2D eigenvalue weighted by Crippen LogP contribution is -2.28. The number of rotatable bonds is 4. The van der Waals surface area contributed by atoms with Crippen molar-refractivity contribution in [1.29, 1.82) is 0 Å². The molecule has 1 aromatic carbocycles. The molecule has 1 heterocycles. The van der Waals surface area contributed by atoms with Gasteiger partial charge in [0, 0.05) is 10.7 Å². The Balaban J connectivity index is 2.83. The van der Waals surface area contributed by atoms with Crippen LogP contribution in [0.25, 0.3) is 0 Å². The van der Waals surface area contributed by atoms with Gasteiger partial charge in [0.1, 0.15) is 5.70 Å². The number of benzene rings is 1. The summed E-state index contributed by atoms with van der Waals surface area (Å²) in [4.78, 5) is 36.3. The molecule has 1 aliphatic rings. The molecule has 142 valence electrons. The molecule has 0 aliphatic carbocycles. The fourth-order valence-electron chi connectivity index (χ4n) is 2.30. The Morgan fingerprint density at radius 1 is 1.07 bits per heavy atom. The molecule has 0 atom stereocenters. The van der Waals surface area contributed by atoms with Crippen LogP contribution >= 0.6 is 15.9 Å². The molecule has 2 rings (SSSR count). The quantitative estimate of drug-likeness (QED) is 0.564. The number of allylic oxidation sites excluding steroid dienone is 2. The number of nitrogens with zero attached hydrogens (tertiary/aromatic N) is 1. The number of ether oxygens (including phenoxy) is 2. The molecule has 0 spiro atoms. The van der Waals surface area contributed by atoms with Gasteiger partial charge in [-0.15, -0.1) is 0 Å². The van der Waals surface area contributed by atoms with E-state index in [0.29, 0.717) is 0 Å². The first-order valence-electron chi connectivity index (χ1n) is 7.20. The average Bonchev–Trinajstić information content (AvgIpc) is 2.86. The van der Waals surface area contributed by atoms with E-state index in [4.69, 9.17) is 5.11 Å². The third-order valence-electron chi connectivity index (χ3n) is 3.49. The number of carbonyl (C=O) groups is 3. The number of halogens is 3. The summed E-state index contributed by atoms with van der Waals surface area (Å²) in [6, 6.07) is 0.842. The number of anilines is 1. The number of aromatic carboxylic acids is 1. The van der Waals surface area contributed by atoms with Gasteiger partial charge in [-0.3, -0.25) is 0 Å². The third-order valence-corrected chi connectivity index (χ3v) is 4.10. The Kier molecular flexibility index (Phi) is 6.11. The van der Waals surface area contributed by atoms with Crippen LogP contribution in [0, 0.1) is 11.6 Å². The highest BCUT2D eigenvalue weighted by molar-refractivity contribution is 9.10. The highest BCUT2D eigenvalue weighted by Crippen LogP contribution is 2.37. The first-order valence-corrected chi connectivity index (χ1v) is 7.99. The molecule has 0 bridgehead atoms. The number of hydrogen-bond acceptors (Lipinski definition) is 6. The van der Waals surface area contributed by atoms with E-state index in [1.807, 2.05) is 0 Å². The summed E-state index contributed by atoms with van der Waals surface area (Å²) in [6.07, 6.45) is 5.15. The molecule has 27 heavy (non-hydrogen) atoms. The molecule has 0 fully saturated rings. The summed E-state index contributed by atoms with van der Waals surface area (Å²) in [7, 11) is 2.12. The van der Waals surface area contributed by atoms with Gasteiger partial charge in [0.25, 0.3) is 0 Å². The Bertz CT molecular complexity index is 922. The number of methoxy groups -OCH3 is 2. The maximum Gasteiger partial charge on any atom is 0.355 e. The smallest absolute Gasteiger partial charge is 0.355 e. The van der Waals surface area contributed by atoms with Crippen LogP contribution in [-0.2, 0) is 19.1 Å². The third kappa shape index (κ3) is 3.75. The normalized spacial score (nSPS) is 13.4. The van der Waals surface area contributed by atoms with Crippen LogP contribution < -0.4 is 4.90 Å². The number of esters is 2. The van der Waals surface area contributed by atoms with E-state index in [0.717, 1.165) is 25.2 Å². The standard InChI is InChI=1S/C17H12BrF2NO6/c1-26-16(24)8-5-3-4-6-21(13(8)17(25)27-2)14-10(18)7-9(15(22)23)11(19)12(14)20/h3-7H,1-2H3,(H,22,23). The van der Waals surface area contributed by atoms with E-state index >= 15 is 0 Å². The van der Waals surface area contributed by atoms with Crippen molar-refractivity contribution in [1.82, 2.24) is 0 Å². The van der Waals surface area contributed by atoms with Crippen LogP contribution in [0.5, 0.6) is 0 Å². The molecule has 1 N–H and O–H groups in total. The zero-order valence-electron chi connectivity index (χ0n) is 14.0. The maximum absolute atomic E-state index is 14.7. The molecule has 1 aromatic rings. The minimum atomic E-state index is -1.68. The monoisotopic (exact) mass is 443 g/mol. The molecule has 1 aliphatic heterocycles. The van der Waals surface area contributed by atoms with Crippen LogP contribution in [0.2, 0.25) is 0 Å². The van der Waals surface area contributed by atoms with E-state index < -0.39 is 46.5 Å². The van der Waals surface area contributed by atoms with Gasteiger partial charge in [0.2, 0.25) is 0 Å². The lowest BCUT2D eigenvalue weighted by Gasteiger charge is -2.25. The van der Waals surface area contributed by atoms with Crippen molar-refractivity contribution in [2.24, 2.45) is 0 Å². The van der Waals surface area contributed by atoms with Crippen molar-refractivity contribution in [3.05, 3.63) is 63.4 Å². The Morgan fingerprint density at radius 3 is 2.26 bits per heavy atom. The number of hydrogen-bond donors (Lipinski definition) is 1. The van der Waals surface area contributed by atoms with Gasteiger partial charge in [0.05, 0.1) is 31.0 Å². The second kappa shape index (κ2) is 8.12. The summed E-state index contributed by atoms with van der Waals surface area (Å²) in [5, 5.41) is 8.98. The van der Waals surface area contributed by atoms with Crippen molar-refractivity contribution in [3.63, 3.8) is 0 Å². The Labute approximate surface area is 160 Å². The fraction of sp³-hybridized carbons (Fsp3) is 0.118. The van der Waals surface area contributed by atoms with Gasteiger partial charge in [-0.1, -0.05) is 6.08 Å². The lowest BCUT2D eigenvalue weighted by molar-refractivity contribution is -0.139. The first-order chi connectivity index (χ1) is 12.7. The van der Waals surface area contributed by atoms with E-state index in [1.54, 1.807) is 0 Å². The van der Waals surface area contributed by atoms with Gasteiger partial charge < -0.3 is 19.5 Å². The molecule has 10 heteroatoms. The zero-order chi connectivity index (χ0) is 20.3. The van der Waals surface area contributed by atoms with Crippen LogP contribution in [0.4, 0.5) is 14.5 Å². The Morgan fingerprint density at radius 2 is 1.70 bits per heavy atom. The highest BCUT2D eigenvalue weighted by atomic mass is 79.9. The van der Waals surface area contributed by atoms with Crippen molar-refractivity contribution in [3.8, 4) is 0 Å². The van der Waals surface area contributed by atoms with E-state index in [2.05, 4.69) is 25.4 Å². The van der Waals surface area contributed by atoms with Crippen molar-refractivity contribution >= 4 is 39.5 Å². The lowest BCUT2D eigenvalue weighted by atomic mass is 10.1. The predicted molar refractivity (Wildman–Crippen MR) is 92.8 cm³/mol. The fourth-order valence-corrected chi connectivity index (χ4v) is 2.89. The van der Waals surface area contributed by atoms with E-state index in [9.17, 15) is 23.2 Å². The van der Waals surface area contributed by atoms with Gasteiger partial charge in [-0.25, -0.2) is 23.2 Å². The van der Waals surface area contributed by atoms with Gasteiger partial charge in [-0.05, 0) is 34.1 Å². The molecule has 0 radical (unpaired) electrons. The van der Waals surface area contributed by atoms with E-state index in [1.165, 1.54) is 24.4 Å². The molecule has 7 nitrogen and oxygen atoms in total. The average molecular weight is 444 g/mol. The molecule has 0 unspecified atom stereocenters. The minimum absolute atomic E-state index is 0.170. The summed E-state index contributed by atoms with van der Waals surface area (Å²) in [6.45, 7) is 0. The van der Waals surface area contributed by atoms with E-state index in [-0.39, 0.29) is 10.0 Å². The molecule has 0 saturated heterocycles. The SMILES string of the molecule is COC(=O)C1=C(C(=O)OC)N(c2c(Br)cc(C(=O)O)c(F)c2F)C=CC=C1. The van der Waals surface area contributed by atoms with Gasteiger partial charge in [-0.2, -0.15) is 0 Å². The second-order valence-corrected chi connectivity index (χ2v) is 5.86. The van der Waals surface area contributed by atoms with Crippen LogP contribution in [0.1, 0.15) is 10.4 Å². The highest BCUT2D eigenvalue weighted by Gasteiger charge is 2.32. The predicted octanol–water partition coefficient (Wildman–Crippen LogP) is 2.92. The summed E-state index contributed by atoms with van der Waals surface area (Å²) in [5.41, 5.74) is -2.16. The van der Waals surface area contributed by atoms with Crippen LogP contribution in [0.3, 0.4) is 0 Å². The van der Waals surface area contributed by atoms with Crippen LogP contribution in [0.15, 0.2) is 46.2 Å². The number of carboxylic acids is 1. The van der Waals surface area contributed by atoms with Gasteiger partial charge >= 0.3 is 17.9 Å². The topological polar surface area (TPSA) is 93.1 Å². The molecule has 0 amide bonds.